The Morgan fingerprint density at radius 1 is 1.29 bits per heavy atom. The Bertz CT molecular complexity index is 320. The molecular formula is C14H19ClO2. The van der Waals surface area contributed by atoms with Crippen molar-refractivity contribution in [1.82, 2.24) is 0 Å². The van der Waals surface area contributed by atoms with E-state index in [9.17, 15) is 0 Å². The van der Waals surface area contributed by atoms with Gasteiger partial charge in [-0.1, -0.05) is 30.3 Å². The average Bonchev–Trinajstić information content (AvgIpc) is 2.85. The van der Waals surface area contributed by atoms with E-state index in [0.29, 0.717) is 19.1 Å². The second-order valence-electron chi connectivity index (χ2n) is 4.56. The summed E-state index contributed by atoms with van der Waals surface area (Å²) in [5.41, 5.74) is 1.08. The first-order valence-corrected chi connectivity index (χ1v) is 6.70. The van der Waals surface area contributed by atoms with E-state index in [4.69, 9.17) is 21.1 Å². The van der Waals surface area contributed by atoms with Crippen molar-refractivity contribution < 1.29 is 9.47 Å². The zero-order chi connectivity index (χ0) is 12.0. The van der Waals surface area contributed by atoms with Crippen molar-refractivity contribution in [3.63, 3.8) is 0 Å². The summed E-state index contributed by atoms with van der Waals surface area (Å²) in [5, 5.41) is 0. The zero-order valence-corrected chi connectivity index (χ0v) is 10.8. The van der Waals surface area contributed by atoms with Gasteiger partial charge in [-0.15, -0.1) is 11.6 Å². The Labute approximate surface area is 108 Å². The van der Waals surface area contributed by atoms with Crippen LogP contribution >= 0.6 is 11.6 Å². The van der Waals surface area contributed by atoms with Gasteiger partial charge in [0.2, 0.25) is 0 Å². The van der Waals surface area contributed by atoms with Gasteiger partial charge in [-0.2, -0.15) is 0 Å². The van der Waals surface area contributed by atoms with E-state index in [0.717, 1.165) is 25.9 Å². The maximum absolute atomic E-state index is 5.98. The van der Waals surface area contributed by atoms with E-state index in [1.807, 2.05) is 18.2 Å². The number of ether oxygens (including phenoxy) is 2. The molecule has 94 valence electrons. The Kier molecular flexibility index (Phi) is 4.84. The number of rotatable bonds is 6. The van der Waals surface area contributed by atoms with Gasteiger partial charge in [0.25, 0.3) is 0 Å². The van der Waals surface area contributed by atoms with Crippen LogP contribution in [0.3, 0.4) is 0 Å². The molecule has 1 unspecified atom stereocenters. The summed E-state index contributed by atoms with van der Waals surface area (Å²) in [6, 6.07) is 10.2. The Balaban J connectivity index is 1.69. The molecule has 2 nitrogen and oxygen atoms in total. The molecule has 1 atom stereocenters. The lowest BCUT2D eigenvalue weighted by atomic mass is 9.99. The number of hydrogen-bond donors (Lipinski definition) is 0. The van der Waals surface area contributed by atoms with Gasteiger partial charge in [-0.3, -0.25) is 0 Å². The number of hydrogen-bond acceptors (Lipinski definition) is 2. The molecule has 0 aromatic heterocycles. The van der Waals surface area contributed by atoms with Crippen LogP contribution in [0.5, 0.6) is 0 Å². The lowest BCUT2D eigenvalue weighted by Gasteiger charge is -2.25. The van der Waals surface area contributed by atoms with Crippen LogP contribution in [-0.2, 0) is 16.1 Å². The highest BCUT2D eigenvalue weighted by molar-refractivity contribution is 6.18. The fourth-order valence-corrected chi connectivity index (χ4v) is 2.49. The monoisotopic (exact) mass is 254 g/mol. The normalized spacial score (nSPS) is 24.1. The average molecular weight is 255 g/mol. The Morgan fingerprint density at radius 3 is 2.76 bits per heavy atom. The largest absolute Gasteiger partial charge is 0.377 e. The fourth-order valence-electron chi connectivity index (χ4n) is 2.15. The van der Waals surface area contributed by atoms with Crippen molar-refractivity contribution in [2.75, 3.05) is 19.1 Å². The summed E-state index contributed by atoms with van der Waals surface area (Å²) in [7, 11) is 0. The quantitative estimate of drug-likeness (QED) is 0.572. The van der Waals surface area contributed by atoms with E-state index in [-0.39, 0.29) is 5.60 Å². The van der Waals surface area contributed by atoms with E-state index in [2.05, 4.69) is 12.1 Å². The summed E-state index contributed by atoms with van der Waals surface area (Å²) in [4.78, 5) is 0. The van der Waals surface area contributed by atoms with E-state index in [1.165, 1.54) is 5.56 Å². The second-order valence-corrected chi connectivity index (χ2v) is 4.82. The van der Waals surface area contributed by atoms with Crippen LogP contribution < -0.4 is 0 Å². The summed E-state index contributed by atoms with van der Waals surface area (Å²) in [5.74, 6) is 0.571. The molecule has 0 spiro atoms. The first kappa shape index (κ1) is 12.9. The summed E-state index contributed by atoms with van der Waals surface area (Å²) in [6.07, 6.45) is 3.07. The molecule has 1 fully saturated rings. The fraction of sp³-hybridized carbons (Fsp3) is 0.571. The molecule has 1 aliphatic rings. The summed E-state index contributed by atoms with van der Waals surface area (Å²) >= 11 is 5.98. The highest BCUT2D eigenvalue weighted by atomic mass is 35.5. The molecule has 3 heteroatoms. The van der Waals surface area contributed by atoms with Crippen LogP contribution in [-0.4, -0.2) is 24.7 Å². The number of halogens is 1. The van der Waals surface area contributed by atoms with Crippen LogP contribution in [0.2, 0.25) is 0 Å². The van der Waals surface area contributed by atoms with Crippen molar-refractivity contribution in [2.45, 2.75) is 31.5 Å². The molecule has 2 rings (SSSR count). The van der Waals surface area contributed by atoms with Crippen molar-refractivity contribution in [2.24, 2.45) is 0 Å². The first-order valence-electron chi connectivity index (χ1n) is 6.16. The van der Waals surface area contributed by atoms with Crippen LogP contribution in [0.15, 0.2) is 30.3 Å². The molecule has 1 aromatic rings. The number of alkyl halides is 1. The summed E-state index contributed by atoms with van der Waals surface area (Å²) < 4.78 is 11.4. The van der Waals surface area contributed by atoms with Gasteiger partial charge < -0.3 is 9.47 Å². The Morgan fingerprint density at radius 2 is 2.12 bits per heavy atom. The molecular weight excluding hydrogens is 236 g/mol. The van der Waals surface area contributed by atoms with Crippen LogP contribution in [0.1, 0.15) is 24.8 Å². The molecule has 0 radical (unpaired) electrons. The third kappa shape index (κ3) is 3.70. The zero-order valence-electron chi connectivity index (χ0n) is 10.0. The molecule has 1 saturated heterocycles. The molecule has 0 saturated carbocycles. The van der Waals surface area contributed by atoms with Gasteiger partial charge in [0, 0.05) is 19.6 Å². The van der Waals surface area contributed by atoms with Crippen molar-refractivity contribution >= 4 is 11.6 Å². The van der Waals surface area contributed by atoms with E-state index < -0.39 is 0 Å². The third-order valence-corrected chi connectivity index (χ3v) is 3.73. The minimum atomic E-state index is -0.127. The van der Waals surface area contributed by atoms with Crippen LogP contribution in [0.25, 0.3) is 0 Å². The van der Waals surface area contributed by atoms with Gasteiger partial charge in [0.05, 0.1) is 18.1 Å². The third-order valence-electron chi connectivity index (χ3n) is 3.24. The van der Waals surface area contributed by atoms with Crippen LogP contribution in [0, 0.1) is 0 Å². The highest BCUT2D eigenvalue weighted by Gasteiger charge is 2.33. The lowest BCUT2D eigenvalue weighted by molar-refractivity contribution is -0.0111. The van der Waals surface area contributed by atoms with Gasteiger partial charge in [0.15, 0.2) is 0 Å². The molecule has 1 heterocycles. The SMILES string of the molecule is ClCC1(CCOCc2ccccc2)CCCO1. The maximum atomic E-state index is 5.98. The lowest BCUT2D eigenvalue weighted by Crippen LogP contribution is -2.31. The molecule has 0 N–H and O–H groups in total. The van der Waals surface area contributed by atoms with Crippen molar-refractivity contribution in [1.29, 1.82) is 0 Å². The topological polar surface area (TPSA) is 18.5 Å². The van der Waals surface area contributed by atoms with Crippen LogP contribution in [0.4, 0.5) is 0 Å². The molecule has 0 bridgehead atoms. The smallest absolute Gasteiger partial charge is 0.0839 e. The number of benzene rings is 1. The molecule has 0 aliphatic carbocycles. The van der Waals surface area contributed by atoms with Gasteiger partial charge >= 0.3 is 0 Å². The summed E-state index contributed by atoms with van der Waals surface area (Å²) in [6.45, 7) is 2.21. The van der Waals surface area contributed by atoms with E-state index in [1.54, 1.807) is 0 Å². The van der Waals surface area contributed by atoms with Crippen molar-refractivity contribution in [3.05, 3.63) is 35.9 Å². The van der Waals surface area contributed by atoms with Gasteiger partial charge in [0.1, 0.15) is 0 Å². The van der Waals surface area contributed by atoms with Gasteiger partial charge in [-0.25, -0.2) is 0 Å². The molecule has 0 amide bonds. The minimum absolute atomic E-state index is 0.127. The first-order chi connectivity index (χ1) is 8.35. The standard InChI is InChI=1S/C14H19ClO2/c15-12-14(7-4-9-17-14)8-10-16-11-13-5-2-1-3-6-13/h1-3,5-6H,4,7-12H2. The minimum Gasteiger partial charge on any atom is -0.377 e. The second kappa shape index (κ2) is 6.39. The predicted octanol–water partition coefficient (Wildman–Crippen LogP) is 3.38. The molecule has 1 aromatic carbocycles. The van der Waals surface area contributed by atoms with Gasteiger partial charge in [-0.05, 0) is 18.4 Å². The molecule has 1 aliphatic heterocycles. The highest BCUT2D eigenvalue weighted by Crippen LogP contribution is 2.30. The maximum Gasteiger partial charge on any atom is 0.0839 e. The molecule has 17 heavy (non-hydrogen) atoms. The predicted molar refractivity (Wildman–Crippen MR) is 69.4 cm³/mol. The van der Waals surface area contributed by atoms with E-state index >= 15 is 0 Å². The van der Waals surface area contributed by atoms with Crippen molar-refractivity contribution in [3.8, 4) is 0 Å². The Hall–Kier alpha value is -0.570.